The fourth-order valence-electron chi connectivity index (χ4n) is 4.71. The van der Waals surface area contributed by atoms with Gasteiger partial charge in [-0.15, -0.1) is 11.8 Å². The van der Waals surface area contributed by atoms with Crippen molar-refractivity contribution in [3.63, 3.8) is 0 Å². The Labute approximate surface area is 262 Å². The number of esters is 1. The minimum atomic E-state index is -1.25. The molecule has 1 unspecified atom stereocenters. The van der Waals surface area contributed by atoms with Crippen LogP contribution in [0, 0.1) is 0 Å². The molecule has 2 atom stereocenters. The zero-order valence-corrected chi connectivity index (χ0v) is 26.2. The number of nitrogens with zero attached hydrogens (tertiary/aromatic N) is 5. The zero-order chi connectivity index (χ0) is 31.6. The van der Waals surface area contributed by atoms with E-state index in [1.165, 1.54) is 35.9 Å². The molecule has 0 bridgehead atoms. The first kappa shape index (κ1) is 32.9. The lowest BCUT2D eigenvalue weighted by atomic mass is 10.0. The maximum atomic E-state index is 13.1. The third-order valence-corrected chi connectivity index (χ3v) is 8.80. The maximum Gasteiger partial charge on any atom is 0.352 e. The van der Waals surface area contributed by atoms with E-state index in [0.717, 1.165) is 30.8 Å². The van der Waals surface area contributed by atoms with Gasteiger partial charge in [0.05, 0.1) is 12.2 Å². The van der Waals surface area contributed by atoms with E-state index in [2.05, 4.69) is 26.8 Å². The number of pyridine rings is 1. The first-order valence-electron chi connectivity index (χ1n) is 14.4. The number of anilines is 1. The Morgan fingerprint density at radius 1 is 1.18 bits per heavy atom. The molecule has 44 heavy (non-hydrogen) atoms. The Morgan fingerprint density at radius 2 is 1.91 bits per heavy atom. The number of fused-ring (bicyclic) bond motifs is 1. The van der Waals surface area contributed by atoms with Crippen molar-refractivity contribution in [3.05, 3.63) is 47.2 Å². The minimum absolute atomic E-state index is 0.0408. The molecule has 1 fully saturated rings. The smallest absolute Gasteiger partial charge is 0.352 e. The second-order valence-corrected chi connectivity index (χ2v) is 12.0. The molecule has 2 amide bonds. The van der Waals surface area contributed by atoms with E-state index in [0.29, 0.717) is 23.5 Å². The lowest BCUT2D eigenvalue weighted by Gasteiger charge is -2.49. The summed E-state index contributed by atoms with van der Waals surface area (Å²) in [4.78, 5) is 61.0. The number of β-lactam (4-membered cyclic amide) rings is 1. The molecule has 16 heteroatoms. The predicted octanol–water partition coefficient (Wildman–Crippen LogP) is 2.10. The van der Waals surface area contributed by atoms with Crippen LogP contribution in [-0.2, 0) is 30.5 Å². The summed E-state index contributed by atoms with van der Waals surface area (Å²) >= 11 is 2.21. The summed E-state index contributed by atoms with van der Waals surface area (Å²) in [5.41, 5.74) is 6.18. The molecule has 4 rings (SSSR count). The van der Waals surface area contributed by atoms with Crippen molar-refractivity contribution >= 4 is 57.9 Å². The van der Waals surface area contributed by atoms with Crippen molar-refractivity contribution in [3.8, 4) is 0 Å². The number of oxime groups is 1. The number of nitrogens with one attached hydrogen (secondary N) is 1. The molecule has 0 radical (unpaired) electrons. The van der Waals surface area contributed by atoms with Gasteiger partial charge >= 0.3 is 11.9 Å². The molecule has 2 aromatic rings. The first-order chi connectivity index (χ1) is 21.2. The van der Waals surface area contributed by atoms with Gasteiger partial charge in [-0.05, 0) is 13.3 Å². The summed E-state index contributed by atoms with van der Waals surface area (Å²) in [5, 5.41) is 15.9. The number of nitrogen functional groups attached to an aromatic ring is 1. The summed E-state index contributed by atoms with van der Waals surface area (Å²) in [7, 11) is 0. The number of aliphatic carboxylic acids is 1. The molecule has 0 saturated carbocycles. The molecule has 0 aromatic carbocycles. The zero-order valence-electron chi connectivity index (χ0n) is 24.6. The number of amides is 2. The van der Waals surface area contributed by atoms with Crippen LogP contribution in [-0.4, -0.2) is 79.2 Å². The van der Waals surface area contributed by atoms with Crippen molar-refractivity contribution in [1.29, 1.82) is 0 Å². The van der Waals surface area contributed by atoms with Gasteiger partial charge in [0.15, 0.2) is 24.1 Å². The molecule has 0 spiro atoms. The van der Waals surface area contributed by atoms with Gasteiger partial charge in [-0.25, -0.2) is 14.2 Å². The highest BCUT2D eigenvalue weighted by molar-refractivity contribution is 8.00. The number of hydrogen-bond donors (Lipinski definition) is 3. The van der Waals surface area contributed by atoms with Gasteiger partial charge in [-0.1, -0.05) is 44.2 Å². The Balaban J connectivity index is 1.37. The highest BCUT2D eigenvalue weighted by Crippen LogP contribution is 2.40. The summed E-state index contributed by atoms with van der Waals surface area (Å²) in [5.74, 6) is -2.71. The first-order valence-corrected chi connectivity index (χ1v) is 16.2. The van der Waals surface area contributed by atoms with Crippen LogP contribution in [0.15, 0.2) is 41.0 Å². The molecule has 0 aliphatic carbocycles. The number of ether oxygens (including phenoxy) is 1. The van der Waals surface area contributed by atoms with E-state index < -0.39 is 35.2 Å². The number of nitrogens with two attached hydrogens (primary N) is 1. The molecule has 4 N–H and O–H groups in total. The predicted molar refractivity (Wildman–Crippen MR) is 162 cm³/mol. The van der Waals surface area contributed by atoms with E-state index in [4.69, 9.17) is 15.3 Å². The van der Waals surface area contributed by atoms with Gasteiger partial charge in [-0.3, -0.25) is 14.5 Å². The highest BCUT2D eigenvalue weighted by atomic mass is 32.2. The van der Waals surface area contributed by atoms with Crippen LogP contribution in [0.4, 0.5) is 5.13 Å². The van der Waals surface area contributed by atoms with Crippen molar-refractivity contribution in [2.75, 3.05) is 24.7 Å². The van der Waals surface area contributed by atoms with Crippen LogP contribution in [0.3, 0.4) is 0 Å². The number of aromatic nitrogens is 3. The number of thioether (sulfide) groups is 1. The summed E-state index contributed by atoms with van der Waals surface area (Å²) in [6.07, 6.45) is 9.92. The molecule has 1 saturated heterocycles. The molecule has 4 heterocycles. The Bertz CT molecular complexity index is 1430. The lowest BCUT2D eigenvalue weighted by Crippen LogP contribution is -2.71. The number of carboxylic acid groups (broad SMARTS) is 1. The van der Waals surface area contributed by atoms with E-state index in [9.17, 15) is 24.3 Å². The average molecular weight is 647 g/mol. The molecule has 2 aromatic heterocycles. The fourth-order valence-corrected chi connectivity index (χ4v) is 6.48. The molecule has 14 nitrogen and oxygen atoms in total. The van der Waals surface area contributed by atoms with Crippen LogP contribution in [0.2, 0.25) is 0 Å². The van der Waals surface area contributed by atoms with E-state index in [1.54, 1.807) is 36.0 Å². The number of carboxylic acids is 1. The largest absolute Gasteiger partial charge is 0.477 e. The van der Waals surface area contributed by atoms with Gasteiger partial charge in [0.2, 0.25) is 11.5 Å². The third kappa shape index (κ3) is 7.91. The number of rotatable bonds is 16. The van der Waals surface area contributed by atoms with Gasteiger partial charge in [0.1, 0.15) is 23.7 Å². The number of hydrogen-bond acceptors (Lipinski definition) is 12. The average Bonchev–Trinajstić information content (AvgIpc) is 3.45. The van der Waals surface area contributed by atoms with Crippen molar-refractivity contribution in [1.82, 2.24) is 19.6 Å². The topological polar surface area (TPSA) is 190 Å². The quantitative estimate of drug-likeness (QED) is 0.0605. The monoisotopic (exact) mass is 646 g/mol. The minimum Gasteiger partial charge on any atom is -0.477 e. The Kier molecular flexibility index (Phi) is 11.7. The molecule has 2 aliphatic heterocycles. The third-order valence-electron chi connectivity index (χ3n) is 6.92. The van der Waals surface area contributed by atoms with Gasteiger partial charge in [0, 0.05) is 35.0 Å². The van der Waals surface area contributed by atoms with Crippen LogP contribution in [0.25, 0.3) is 0 Å². The number of carbonyl (C=O) groups excluding carboxylic acids is 3. The van der Waals surface area contributed by atoms with Crippen LogP contribution < -0.4 is 15.6 Å². The van der Waals surface area contributed by atoms with Gasteiger partial charge in [-0.2, -0.15) is 9.36 Å². The van der Waals surface area contributed by atoms with Crippen LogP contribution in [0.5, 0.6) is 0 Å². The molecular weight excluding hydrogens is 610 g/mol. The highest BCUT2D eigenvalue weighted by Gasteiger charge is 2.55. The second-order valence-electron chi connectivity index (χ2n) is 10.1. The maximum absolute atomic E-state index is 13.1. The van der Waals surface area contributed by atoms with Crippen molar-refractivity contribution < 1.29 is 38.4 Å². The molecular formula is C28H36N7O7S2+. The Morgan fingerprint density at radius 3 is 2.57 bits per heavy atom. The van der Waals surface area contributed by atoms with Crippen LogP contribution >= 0.6 is 23.3 Å². The molecule has 236 valence electrons. The van der Waals surface area contributed by atoms with Crippen molar-refractivity contribution in [2.24, 2.45) is 5.16 Å². The van der Waals surface area contributed by atoms with Crippen LogP contribution in [0.1, 0.15) is 68.6 Å². The summed E-state index contributed by atoms with van der Waals surface area (Å²) in [6, 6.07) is 2.26. The van der Waals surface area contributed by atoms with E-state index >= 15 is 0 Å². The SMILES string of the molecule is CCCCCCCCOC(=O)c1cc[n+](CC2=C(C(=O)O)N3C(=O)C(NC(=O)C(=NOCC)c4nsc(N)n4)[C@H]3SC2)cc1. The number of unbranched alkanes of at least 4 members (excludes halogenated alkanes) is 5. The molecule has 2 aliphatic rings. The normalized spacial score (nSPS) is 18.0. The van der Waals surface area contributed by atoms with Crippen molar-refractivity contribution in [2.45, 2.75) is 70.3 Å². The van der Waals surface area contributed by atoms with Gasteiger partial charge in [0.25, 0.3) is 11.8 Å². The number of carbonyl (C=O) groups is 4. The summed E-state index contributed by atoms with van der Waals surface area (Å²) in [6.45, 7) is 4.60. The standard InChI is InChI=1S/C28H35N7O7S2/c1-3-5-6-7-8-9-14-41-27(40)17-10-12-34(13-11-17)15-18-16-43-25-20(24(37)35(25)21(18)26(38)39)30-23(36)19(32-42-4-2)22-31-28(29)44-33-22/h10-13,20,25H,3-9,14-16H2,1-2H3,(H3-,29,30,31,33,36,38,39)/p+1/t20?,25-/m1/s1. The van der Waals surface area contributed by atoms with E-state index in [-0.39, 0.29) is 35.5 Å². The lowest BCUT2D eigenvalue weighted by molar-refractivity contribution is -0.689. The second kappa shape index (κ2) is 15.6. The Hall–Kier alpha value is -4.05. The van der Waals surface area contributed by atoms with E-state index in [1.807, 2.05) is 0 Å². The summed E-state index contributed by atoms with van der Waals surface area (Å²) < 4.78 is 11.1. The van der Waals surface area contributed by atoms with Gasteiger partial charge < -0.3 is 25.7 Å². The fraction of sp³-hybridized carbons (Fsp3) is 0.500.